The maximum atomic E-state index is 12.8. The topological polar surface area (TPSA) is 96.5 Å². The number of hydrogen-bond donors (Lipinski definition) is 1. The third-order valence-electron chi connectivity index (χ3n) is 4.15. The van der Waals surface area contributed by atoms with Crippen LogP contribution in [0.3, 0.4) is 0 Å². The van der Waals surface area contributed by atoms with Gasteiger partial charge in [-0.25, -0.2) is 13.5 Å². The fourth-order valence-electron chi connectivity index (χ4n) is 2.73. The molecule has 3 aromatic rings. The van der Waals surface area contributed by atoms with Gasteiger partial charge in [-0.1, -0.05) is 26.0 Å². The molecule has 1 aromatic carbocycles. The molecule has 0 atom stereocenters. The van der Waals surface area contributed by atoms with Crippen LogP contribution in [0.25, 0.3) is 11.4 Å². The second-order valence-corrected chi connectivity index (χ2v) is 8.30. The third-order valence-corrected chi connectivity index (χ3v) is 6.46. The number of H-pyrrole nitrogens is 1. The Morgan fingerprint density at radius 2 is 2.04 bits per heavy atom. The van der Waals surface area contributed by atoms with Gasteiger partial charge < -0.3 is 4.42 Å². The average molecular weight is 420 g/mol. The van der Waals surface area contributed by atoms with Crippen LogP contribution in [0.5, 0.6) is 0 Å². The standard InChI is InChI=1S/C18H21N5O3S2/c1-4-22(5-2)28(24,25)16-8-6-7-14(11-16)17-20-21-18(27)23(17)19-12-15-10-9-13(3)26-15/h6-12H,4-5H2,1-3H3,(H,21,27)/b19-12-. The van der Waals surface area contributed by atoms with E-state index in [0.717, 1.165) is 5.76 Å². The molecule has 3 rings (SSSR count). The smallest absolute Gasteiger partial charge is 0.243 e. The van der Waals surface area contributed by atoms with Gasteiger partial charge in [-0.15, -0.1) is 0 Å². The lowest BCUT2D eigenvalue weighted by Crippen LogP contribution is -2.30. The van der Waals surface area contributed by atoms with Gasteiger partial charge in [0.1, 0.15) is 11.5 Å². The van der Waals surface area contributed by atoms with E-state index in [-0.39, 0.29) is 9.67 Å². The number of furan rings is 1. The lowest BCUT2D eigenvalue weighted by Gasteiger charge is -2.18. The van der Waals surface area contributed by atoms with Crippen molar-refractivity contribution in [1.82, 2.24) is 19.2 Å². The lowest BCUT2D eigenvalue weighted by molar-refractivity contribution is 0.445. The van der Waals surface area contributed by atoms with Crippen LogP contribution in [0.15, 0.2) is 50.8 Å². The Morgan fingerprint density at radius 3 is 2.68 bits per heavy atom. The number of sulfonamides is 1. The summed E-state index contributed by atoms with van der Waals surface area (Å²) in [6, 6.07) is 10.2. The van der Waals surface area contributed by atoms with Crippen molar-refractivity contribution < 1.29 is 12.8 Å². The molecule has 0 aliphatic heterocycles. The van der Waals surface area contributed by atoms with Gasteiger partial charge in [-0.05, 0) is 43.4 Å². The molecule has 10 heteroatoms. The zero-order valence-corrected chi connectivity index (χ0v) is 17.4. The molecule has 2 heterocycles. The number of nitrogens with zero attached hydrogens (tertiary/aromatic N) is 4. The first kappa shape index (κ1) is 20.2. The second kappa shape index (κ2) is 8.21. The molecular formula is C18H21N5O3S2. The van der Waals surface area contributed by atoms with E-state index in [1.54, 1.807) is 44.2 Å². The molecule has 1 N–H and O–H groups in total. The predicted octanol–water partition coefficient (Wildman–Crippen LogP) is 3.42. The number of benzene rings is 1. The van der Waals surface area contributed by atoms with E-state index in [2.05, 4.69) is 15.3 Å². The van der Waals surface area contributed by atoms with Crippen LogP contribution < -0.4 is 0 Å². The Hall–Kier alpha value is -2.56. The van der Waals surface area contributed by atoms with E-state index in [0.29, 0.717) is 30.2 Å². The average Bonchev–Trinajstić information content (AvgIpc) is 3.26. The summed E-state index contributed by atoms with van der Waals surface area (Å²) in [5.41, 5.74) is 0.577. The normalized spacial score (nSPS) is 12.3. The van der Waals surface area contributed by atoms with E-state index in [9.17, 15) is 8.42 Å². The zero-order valence-electron chi connectivity index (χ0n) is 15.8. The first-order valence-corrected chi connectivity index (χ1v) is 10.6. The molecule has 0 aliphatic carbocycles. The largest absolute Gasteiger partial charge is 0.460 e. The Labute approximate surface area is 168 Å². The SMILES string of the molecule is CCN(CC)S(=O)(=O)c1cccc(-c2n[nH]c(=S)n2/N=C\c2ccc(C)o2)c1. The first-order valence-electron chi connectivity index (χ1n) is 8.75. The molecule has 8 nitrogen and oxygen atoms in total. The Bertz CT molecular complexity index is 1150. The molecular weight excluding hydrogens is 398 g/mol. The molecule has 0 aliphatic rings. The molecule has 0 radical (unpaired) electrons. The van der Waals surface area contributed by atoms with Gasteiger partial charge in [0, 0.05) is 18.7 Å². The molecule has 0 saturated carbocycles. The second-order valence-electron chi connectivity index (χ2n) is 5.97. The first-order chi connectivity index (χ1) is 13.4. The highest BCUT2D eigenvalue weighted by molar-refractivity contribution is 7.89. The Balaban J connectivity index is 2.02. The number of hydrogen-bond acceptors (Lipinski definition) is 6. The van der Waals surface area contributed by atoms with Gasteiger partial charge in [0.25, 0.3) is 0 Å². The minimum absolute atomic E-state index is 0.194. The van der Waals surface area contributed by atoms with Gasteiger partial charge in [-0.2, -0.15) is 19.2 Å². The summed E-state index contributed by atoms with van der Waals surface area (Å²) in [6.07, 6.45) is 1.53. The monoisotopic (exact) mass is 419 g/mol. The minimum atomic E-state index is -3.58. The minimum Gasteiger partial charge on any atom is -0.460 e. The number of aryl methyl sites for hydroxylation is 1. The van der Waals surface area contributed by atoms with Crippen molar-refractivity contribution in [2.45, 2.75) is 25.7 Å². The molecule has 0 bridgehead atoms. The molecule has 0 saturated heterocycles. The van der Waals surface area contributed by atoms with E-state index < -0.39 is 10.0 Å². The van der Waals surface area contributed by atoms with Crippen LogP contribution in [0, 0.1) is 11.7 Å². The van der Waals surface area contributed by atoms with E-state index in [1.807, 2.05) is 13.0 Å². The van der Waals surface area contributed by atoms with Gasteiger partial charge in [0.2, 0.25) is 14.8 Å². The highest BCUT2D eigenvalue weighted by Gasteiger charge is 2.22. The fourth-order valence-corrected chi connectivity index (χ4v) is 4.41. The van der Waals surface area contributed by atoms with Gasteiger partial charge in [0.15, 0.2) is 5.82 Å². The van der Waals surface area contributed by atoms with Crippen LogP contribution >= 0.6 is 12.2 Å². The summed E-state index contributed by atoms with van der Waals surface area (Å²) < 4.78 is 34.2. The van der Waals surface area contributed by atoms with Gasteiger partial charge in [-0.3, -0.25) is 0 Å². The quantitative estimate of drug-likeness (QED) is 0.467. The highest BCUT2D eigenvalue weighted by atomic mass is 32.2. The van der Waals surface area contributed by atoms with Gasteiger partial charge >= 0.3 is 0 Å². The summed E-state index contributed by atoms with van der Waals surface area (Å²) in [5.74, 6) is 1.75. The molecule has 0 amide bonds. The summed E-state index contributed by atoms with van der Waals surface area (Å²) in [7, 11) is -3.58. The van der Waals surface area contributed by atoms with E-state index in [4.69, 9.17) is 16.6 Å². The summed E-state index contributed by atoms with van der Waals surface area (Å²) >= 11 is 5.25. The number of rotatable bonds is 7. The lowest BCUT2D eigenvalue weighted by atomic mass is 10.2. The van der Waals surface area contributed by atoms with Crippen molar-refractivity contribution in [2.24, 2.45) is 5.10 Å². The number of nitrogens with one attached hydrogen (secondary N) is 1. The van der Waals surface area contributed by atoms with Gasteiger partial charge in [0.05, 0.1) is 11.1 Å². The number of aromatic nitrogens is 3. The maximum absolute atomic E-state index is 12.8. The molecule has 2 aromatic heterocycles. The van der Waals surface area contributed by atoms with E-state index in [1.165, 1.54) is 15.2 Å². The fraction of sp³-hybridized carbons (Fsp3) is 0.278. The molecule has 0 spiro atoms. The van der Waals surface area contributed by atoms with Crippen molar-refractivity contribution in [1.29, 1.82) is 0 Å². The van der Waals surface area contributed by atoms with Crippen molar-refractivity contribution in [2.75, 3.05) is 13.1 Å². The maximum Gasteiger partial charge on any atom is 0.243 e. The van der Waals surface area contributed by atoms with Crippen LogP contribution in [-0.2, 0) is 10.0 Å². The summed E-state index contributed by atoms with van der Waals surface area (Å²) in [4.78, 5) is 0.194. The third kappa shape index (κ3) is 3.98. The predicted molar refractivity (Wildman–Crippen MR) is 109 cm³/mol. The van der Waals surface area contributed by atoms with Crippen LogP contribution in [0.4, 0.5) is 0 Å². The van der Waals surface area contributed by atoms with Crippen molar-refractivity contribution in [3.05, 3.63) is 52.7 Å². The molecule has 28 heavy (non-hydrogen) atoms. The van der Waals surface area contributed by atoms with Crippen molar-refractivity contribution in [3.63, 3.8) is 0 Å². The van der Waals surface area contributed by atoms with Crippen molar-refractivity contribution in [3.8, 4) is 11.4 Å². The molecule has 148 valence electrons. The van der Waals surface area contributed by atoms with E-state index >= 15 is 0 Å². The summed E-state index contributed by atoms with van der Waals surface area (Å²) in [5, 5.41) is 11.2. The highest BCUT2D eigenvalue weighted by Crippen LogP contribution is 2.23. The Kier molecular flexibility index (Phi) is 5.92. The van der Waals surface area contributed by atoms with Crippen LogP contribution in [0.2, 0.25) is 0 Å². The number of aromatic amines is 1. The Morgan fingerprint density at radius 1 is 1.29 bits per heavy atom. The molecule has 0 unspecified atom stereocenters. The van der Waals surface area contributed by atoms with Crippen LogP contribution in [0.1, 0.15) is 25.4 Å². The summed E-state index contributed by atoms with van der Waals surface area (Å²) in [6.45, 7) is 6.25. The van der Waals surface area contributed by atoms with Crippen LogP contribution in [-0.4, -0.2) is 46.9 Å². The van der Waals surface area contributed by atoms with Crippen molar-refractivity contribution >= 4 is 28.5 Å². The molecule has 0 fully saturated rings. The zero-order chi connectivity index (χ0) is 20.3.